The molecule has 3 aromatic rings. The van der Waals surface area contributed by atoms with Crippen LogP contribution in [0.3, 0.4) is 0 Å². The van der Waals surface area contributed by atoms with Crippen LogP contribution in [-0.2, 0) is 9.47 Å². The number of carbonyl (C=O) groups excluding carboxylic acids is 1. The summed E-state index contributed by atoms with van der Waals surface area (Å²) in [7, 11) is 0. The molecule has 4 heterocycles. The third kappa shape index (κ3) is 6.92. The topological polar surface area (TPSA) is 104 Å². The molecule has 2 aliphatic heterocycles. The molecule has 220 valence electrons. The van der Waals surface area contributed by atoms with Gasteiger partial charge in [-0.3, -0.25) is 0 Å². The van der Waals surface area contributed by atoms with Gasteiger partial charge in [0.05, 0.1) is 24.6 Å². The van der Waals surface area contributed by atoms with Gasteiger partial charge in [0.25, 0.3) is 0 Å². The molecule has 2 aromatic heterocycles. The Hall–Kier alpha value is -3.39. The van der Waals surface area contributed by atoms with Crippen LogP contribution >= 0.6 is 15.9 Å². The normalized spacial score (nSPS) is 21.1. The molecule has 10 nitrogen and oxygen atoms in total. The van der Waals surface area contributed by atoms with Crippen molar-refractivity contribution in [3.05, 3.63) is 58.3 Å². The molecule has 2 aliphatic rings. The fraction of sp³-hybridized carbons (Fsp3) is 0.481. The van der Waals surface area contributed by atoms with Gasteiger partial charge >= 0.3 is 6.09 Å². The average molecular weight is 639 g/mol. The van der Waals surface area contributed by atoms with E-state index in [9.17, 15) is 18.0 Å². The molecule has 2 saturated heterocycles. The number of amides is 1. The summed E-state index contributed by atoms with van der Waals surface area (Å²) >= 11 is 3.41. The molecule has 3 atom stereocenters. The average Bonchev–Trinajstić information content (AvgIpc) is 3.49. The molecule has 1 aromatic carbocycles. The summed E-state index contributed by atoms with van der Waals surface area (Å²) in [6.45, 7) is 6.12. The predicted octanol–water partition coefficient (Wildman–Crippen LogP) is 5.84. The van der Waals surface area contributed by atoms with Crippen molar-refractivity contribution in [2.24, 2.45) is 0 Å². The zero-order chi connectivity index (χ0) is 29.3. The summed E-state index contributed by atoms with van der Waals surface area (Å²) in [5, 5.41) is 7.16. The van der Waals surface area contributed by atoms with Gasteiger partial charge in [-0.25, -0.2) is 32.6 Å². The lowest BCUT2D eigenvalue weighted by Gasteiger charge is -2.24. The summed E-state index contributed by atoms with van der Waals surface area (Å²) < 4.78 is 61.8. The van der Waals surface area contributed by atoms with Crippen molar-refractivity contribution >= 4 is 28.0 Å². The van der Waals surface area contributed by atoms with E-state index in [-0.39, 0.29) is 30.8 Å². The number of rotatable bonds is 6. The molecular weight excluding hydrogens is 609 g/mol. The minimum atomic E-state index is -1.29. The molecular formula is C27H30BrF3N6O4. The molecule has 0 spiro atoms. The zero-order valence-corrected chi connectivity index (χ0v) is 24.3. The molecule has 41 heavy (non-hydrogen) atoms. The number of hydrogen-bond donors (Lipinski definition) is 1. The van der Waals surface area contributed by atoms with Crippen molar-refractivity contribution in [3.63, 3.8) is 0 Å². The number of anilines is 1. The maximum absolute atomic E-state index is 14.8. The highest BCUT2D eigenvalue weighted by Crippen LogP contribution is 2.34. The summed E-state index contributed by atoms with van der Waals surface area (Å²) in [5.41, 5.74) is -0.838. The number of halogens is 4. The Balaban J connectivity index is 1.32. The smallest absolute Gasteiger partial charge is 0.407 e. The number of aromatic nitrogens is 4. The van der Waals surface area contributed by atoms with Gasteiger partial charge in [0.15, 0.2) is 27.7 Å². The zero-order valence-electron chi connectivity index (χ0n) is 22.7. The Bertz CT molecular complexity index is 1390. The standard InChI is InChI=1S/C27H30BrF3N6O4/c1-27(2,3)41-26(38)34-21-13-36(12-17(21)16-8-19(30)20(31)9-18(16)29)25-32-10-15(11-33-25)40-22-14-37(35-24(22)28)23-6-4-5-7-39-23/h8-11,14,17,21,23H,4-7,12-13H2,1-3H3,(H,34,38)/t17-,21+,23?/m1/s1. The second-order valence-electron chi connectivity index (χ2n) is 11.0. The molecule has 0 radical (unpaired) electrons. The van der Waals surface area contributed by atoms with Crippen LogP contribution in [0.15, 0.2) is 35.3 Å². The Morgan fingerprint density at radius 2 is 1.83 bits per heavy atom. The highest BCUT2D eigenvalue weighted by molar-refractivity contribution is 9.10. The molecule has 14 heteroatoms. The second kappa shape index (κ2) is 11.8. The van der Waals surface area contributed by atoms with Crippen LogP contribution in [0.5, 0.6) is 11.5 Å². The Morgan fingerprint density at radius 1 is 1.10 bits per heavy atom. The summed E-state index contributed by atoms with van der Waals surface area (Å²) in [5.74, 6) is -3.03. The van der Waals surface area contributed by atoms with Crippen LogP contribution in [-0.4, -0.2) is 57.2 Å². The lowest BCUT2D eigenvalue weighted by molar-refractivity contribution is -0.0397. The lowest BCUT2D eigenvalue weighted by atomic mass is 9.93. The number of ether oxygens (including phenoxy) is 3. The molecule has 0 bridgehead atoms. The van der Waals surface area contributed by atoms with Crippen molar-refractivity contribution in [2.75, 3.05) is 24.6 Å². The summed E-state index contributed by atoms with van der Waals surface area (Å²) in [4.78, 5) is 23.0. The maximum Gasteiger partial charge on any atom is 0.407 e. The van der Waals surface area contributed by atoms with E-state index < -0.39 is 41.1 Å². The molecule has 1 unspecified atom stereocenters. The number of alkyl carbamates (subject to hydrolysis) is 1. The number of nitrogens with zero attached hydrogens (tertiary/aromatic N) is 5. The number of carbonyl (C=O) groups is 1. The highest BCUT2D eigenvalue weighted by atomic mass is 79.9. The molecule has 5 rings (SSSR count). The van der Waals surface area contributed by atoms with E-state index in [1.807, 2.05) is 0 Å². The van der Waals surface area contributed by atoms with Gasteiger partial charge < -0.3 is 24.4 Å². The van der Waals surface area contributed by atoms with E-state index in [0.717, 1.165) is 25.3 Å². The van der Waals surface area contributed by atoms with Gasteiger partial charge in [0, 0.05) is 31.7 Å². The fourth-order valence-electron chi connectivity index (χ4n) is 4.86. The number of hydrogen-bond acceptors (Lipinski definition) is 8. The summed E-state index contributed by atoms with van der Waals surface area (Å²) in [6.07, 6.45) is 6.77. The Morgan fingerprint density at radius 3 is 2.51 bits per heavy atom. The van der Waals surface area contributed by atoms with Crippen LogP contribution in [0.4, 0.5) is 23.9 Å². The first kappa shape index (κ1) is 29.1. The molecule has 0 aliphatic carbocycles. The van der Waals surface area contributed by atoms with Gasteiger partial charge in [-0.1, -0.05) is 0 Å². The minimum absolute atomic E-state index is 0.0729. The maximum atomic E-state index is 14.8. The van der Waals surface area contributed by atoms with E-state index in [0.29, 0.717) is 28.8 Å². The van der Waals surface area contributed by atoms with Crippen LogP contribution in [0.2, 0.25) is 0 Å². The summed E-state index contributed by atoms with van der Waals surface area (Å²) in [6, 6.07) is 0.616. The fourth-order valence-corrected chi connectivity index (χ4v) is 5.23. The third-order valence-corrected chi connectivity index (χ3v) is 7.24. The predicted molar refractivity (Wildman–Crippen MR) is 145 cm³/mol. The lowest BCUT2D eigenvalue weighted by Crippen LogP contribution is -2.43. The van der Waals surface area contributed by atoms with Crippen LogP contribution < -0.4 is 15.0 Å². The van der Waals surface area contributed by atoms with Crippen molar-refractivity contribution < 1.29 is 32.2 Å². The number of benzene rings is 1. The van der Waals surface area contributed by atoms with E-state index in [1.54, 1.807) is 36.5 Å². The van der Waals surface area contributed by atoms with Crippen LogP contribution in [0.1, 0.15) is 57.7 Å². The second-order valence-corrected chi connectivity index (χ2v) is 11.7. The van der Waals surface area contributed by atoms with Crippen molar-refractivity contribution in [1.29, 1.82) is 0 Å². The van der Waals surface area contributed by atoms with Crippen molar-refractivity contribution in [3.8, 4) is 11.5 Å². The molecule has 1 N–H and O–H groups in total. The van der Waals surface area contributed by atoms with E-state index in [1.165, 1.54) is 12.4 Å². The molecule has 0 saturated carbocycles. The molecule has 2 fully saturated rings. The minimum Gasteiger partial charge on any atom is -0.450 e. The van der Waals surface area contributed by atoms with Gasteiger partial charge in [0.1, 0.15) is 17.6 Å². The van der Waals surface area contributed by atoms with Gasteiger partial charge in [-0.15, -0.1) is 0 Å². The van der Waals surface area contributed by atoms with Gasteiger partial charge in [0.2, 0.25) is 5.95 Å². The number of nitrogens with one attached hydrogen (secondary N) is 1. The Labute approximate surface area is 243 Å². The Kier molecular flexibility index (Phi) is 8.41. The quantitative estimate of drug-likeness (QED) is 0.336. The first-order valence-corrected chi connectivity index (χ1v) is 14.0. The monoisotopic (exact) mass is 638 g/mol. The van der Waals surface area contributed by atoms with E-state index >= 15 is 0 Å². The third-order valence-electron chi connectivity index (χ3n) is 6.69. The largest absolute Gasteiger partial charge is 0.450 e. The van der Waals surface area contributed by atoms with E-state index in [2.05, 4.69) is 36.3 Å². The van der Waals surface area contributed by atoms with E-state index in [4.69, 9.17) is 14.2 Å². The van der Waals surface area contributed by atoms with Gasteiger partial charge in [-0.2, -0.15) is 5.10 Å². The molecule has 1 amide bonds. The first-order valence-electron chi connectivity index (χ1n) is 13.2. The SMILES string of the molecule is CC(C)(C)OC(=O)N[C@H]1CN(c2ncc(Oc3cn(C4CCCCO4)nc3Br)cn2)C[C@@H]1c1cc(F)c(F)cc1F. The van der Waals surface area contributed by atoms with Crippen LogP contribution in [0, 0.1) is 17.5 Å². The highest BCUT2D eigenvalue weighted by Gasteiger charge is 2.39. The van der Waals surface area contributed by atoms with Crippen molar-refractivity contribution in [2.45, 2.75) is 63.8 Å². The first-order chi connectivity index (χ1) is 19.5. The van der Waals surface area contributed by atoms with Crippen molar-refractivity contribution in [1.82, 2.24) is 25.1 Å². The van der Waals surface area contributed by atoms with Gasteiger partial charge in [-0.05, 0) is 67.6 Å². The van der Waals surface area contributed by atoms with Crippen LogP contribution in [0.25, 0.3) is 0 Å².